The van der Waals surface area contributed by atoms with Crippen LogP contribution in [0.5, 0.6) is 0 Å². The highest BCUT2D eigenvalue weighted by molar-refractivity contribution is 5.90. The van der Waals surface area contributed by atoms with Gasteiger partial charge in [-0.3, -0.25) is 9.48 Å². The van der Waals surface area contributed by atoms with Gasteiger partial charge >= 0.3 is 6.18 Å². The van der Waals surface area contributed by atoms with E-state index in [0.29, 0.717) is 16.9 Å². The normalized spacial score (nSPS) is 13.2. The van der Waals surface area contributed by atoms with Crippen molar-refractivity contribution < 1.29 is 19.4 Å². The van der Waals surface area contributed by atoms with Crippen LogP contribution in [0.2, 0.25) is 0 Å². The predicted octanol–water partition coefficient (Wildman–Crippen LogP) is 2.31. The van der Waals surface area contributed by atoms with Crippen LogP contribution in [0.25, 0.3) is 22.3 Å². The van der Waals surface area contributed by atoms with Crippen LogP contribution in [-0.4, -0.2) is 43.4 Å². The lowest BCUT2D eigenvalue weighted by Crippen LogP contribution is -2.37. The van der Waals surface area contributed by atoms with Gasteiger partial charge in [-0.1, -0.05) is 0 Å². The van der Waals surface area contributed by atoms with Gasteiger partial charge in [-0.05, 0) is 13.0 Å². The second-order valence-corrected chi connectivity index (χ2v) is 5.18. The Bertz CT molecular complexity index is 875. The third-order valence-corrected chi connectivity index (χ3v) is 3.47. The summed E-state index contributed by atoms with van der Waals surface area (Å²) in [6, 6.07) is 0.922. The Morgan fingerprint density at radius 1 is 1.46 bits per heavy atom. The summed E-state index contributed by atoms with van der Waals surface area (Å²) in [6.07, 6.45) is 1.73. The zero-order chi connectivity index (χ0) is 17.3. The van der Waals surface area contributed by atoms with Crippen molar-refractivity contribution in [2.75, 3.05) is 6.54 Å². The standard InChI is InChI=1S/C14H13F3N6O.H2/c1-8(13(24)19-6-14(15,16)17)23-5-9(4-22-23)11-10-2-3-18-12(10)21-7-20-11;/h2-5,7-8H,6H2,1H3,(H,19,24)(H,18,20,21);1H. The minimum Gasteiger partial charge on any atom is -0.346 e. The molecule has 0 aliphatic heterocycles. The first-order valence-corrected chi connectivity index (χ1v) is 7.02. The average Bonchev–Trinajstić information content (AvgIpc) is 3.19. The van der Waals surface area contributed by atoms with E-state index in [4.69, 9.17) is 0 Å². The van der Waals surface area contributed by atoms with Crippen molar-refractivity contribution >= 4 is 16.9 Å². The first kappa shape index (κ1) is 16.0. The van der Waals surface area contributed by atoms with Crippen LogP contribution in [0.4, 0.5) is 13.2 Å². The molecule has 10 heteroatoms. The van der Waals surface area contributed by atoms with Crippen molar-refractivity contribution in [3.8, 4) is 11.3 Å². The van der Waals surface area contributed by atoms with E-state index in [2.05, 4.69) is 20.1 Å². The van der Waals surface area contributed by atoms with Gasteiger partial charge in [-0.25, -0.2) is 9.97 Å². The maximum absolute atomic E-state index is 12.2. The summed E-state index contributed by atoms with van der Waals surface area (Å²) >= 11 is 0. The Kier molecular flexibility index (Phi) is 3.96. The quantitative estimate of drug-likeness (QED) is 0.763. The number of carbonyl (C=O) groups is 1. The van der Waals surface area contributed by atoms with Gasteiger partial charge in [0.1, 0.15) is 24.6 Å². The third kappa shape index (κ3) is 3.21. The third-order valence-electron chi connectivity index (χ3n) is 3.47. The van der Waals surface area contributed by atoms with Gasteiger partial charge in [-0.15, -0.1) is 0 Å². The molecule has 1 atom stereocenters. The Balaban J connectivity index is 0.00000225. The highest BCUT2D eigenvalue weighted by Crippen LogP contribution is 2.25. The monoisotopic (exact) mass is 340 g/mol. The fourth-order valence-electron chi connectivity index (χ4n) is 2.23. The van der Waals surface area contributed by atoms with Crippen LogP contribution in [0.15, 0.2) is 31.0 Å². The molecule has 0 aliphatic carbocycles. The van der Waals surface area contributed by atoms with E-state index in [1.807, 2.05) is 11.4 Å². The summed E-state index contributed by atoms with van der Waals surface area (Å²) in [5.41, 5.74) is 1.91. The highest BCUT2D eigenvalue weighted by atomic mass is 19.4. The van der Waals surface area contributed by atoms with Gasteiger partial charge in [0.05, 0.1) is 11.9 Å². The molecule has 0 spiro atoms. The Labute approximate surface area is 135 Å². The SMILES string of the molecule is CC(C(=O)NCC(F)(F)F)n1cc(-c2ncnc3[nH]ccc23)cn1.[HH]. The molecule has 7 nitrogen and oxygen atoms in total. The molecule has 0 saturated carbocycles. The topological polar surface area (TPSA) is 88.5 Å². The Morgan fingerprint density at radius 3 is 3.00 bits per heavy atom. The molecule has 0 aromatic carbocycles. The van der Waals surface area contributed by atoms with Crippen molar-refractivity contribution in [1.29, 1.82) is 0 Å². The number of H-pyrrole nitrogens is 1. The van der Waals surface area contributed by atoms with Crippen molar-refractivity contribution in [1.82, 2.24) is 30.0 Å². The average molecular weight is 340 g/mol. The van der Waals surface area contributed by atoms with Crippen molar-refractivity contribution in [2.45, 2.75) is 19.1 Å². The van der Waals surface area contributed by atoms with Crippen LogP contribution in [0.3, 0.4) is 0 Å². The number of carbonyl (C=O) groups excluding carboxylic acids is 1. The molecule has 1 unspecified atom stereocenters. The molecule has 0 aliphatic rings. The highest BCUT2D eigenvalue weighted by Gasteiger charge is 2.29. The van der Waals surface area contributed by atoms with E-state index in [-0.39, 0.29) is 1.43 Å². The number of nitrogens with one attached hydrogen (secondary N) is 2. The molecule has 3 heterocycles. The van der Waals surface area contributed by atoms with E-state index in [1.54, 1.807) is 12.4 Å². The summed E-state index contributed by atoms with van der Waals surface area (Å²) in [4.78, 5) is 23.0. The Hall–Kier alpha value is -2.91. The van der Waals surface area contributed by atoms with Crippen LogP contribution in [0, 0.1) is 0 Å². The minimum atomic E-state index is -4.45. The lowest BCUT2D eigenvalue weighted by Gasteiger charge is -2.13. The molecule has 3 aromatic rings. The van der Waals surface area contributed by atoms with Gasteiger partial charge in [0, 0.05) is 24.8 Å². The molecule has 0 radical (unpaired) electrons. The smallest absolute Gasteiger partial charge is 0.346 e. The maximum atomic E-state index is 12.2. The number of hydrogen-bond acceptors (Lipinski definition) is 4. The molecule has 1 amide bonds. The van der Waals surface area contributed by atoms with E-state index in [9.17, 15) is 18.0 Å². The number of nitrogens with zero attached hydrogens (tertiary/aromatic N) is 4. The summed E-state index contributed by atoms with van der Waals surface area (Å²) in [7, 11) is 0. The van der Waals surface area contributed by atoms with Crippen LogP contribution in [-0.2, 0) is 4.79 Å². The fourth-order valence-corrected chi connectivity index (χ4v) is 2.23. The lowest BCUT2D eigenvalue weighted by atomic mass is 10.2. The fraction of sp³-hybridized carbons (Fsp3) is 0.286. The van der Waals surface area contributed by atoms with Crippen LogP contribution < -0.4 is 5.32 Å². The van der Waals surface area contributed by atoms with Crippen molar-refractivity contribution in [3.05, 3.63) is 31.0 Å². The second-order valence-electron chi connectivity index (χ2n) is 5.18. The number of fused-ring (bicyclic) bond motifs is 1. The Morgan fingerprint density at radius 2 is 2.25 bits per heavy atom. The lowest BCUT2D eigenvalue weighted by molar-refractivity contribution is -0.140. The predicted molar refractivity (Wildman–Crippen MR) is 81.0 cm³/mol. The molecule has 128 valence electrons. The van der Waals surface area contributed by atoms with Gasteiger partial charge < -0.3 is 10.3 Å². The molecule has 3 rings (SSSR count). The molecule has 24 heavy (non-hydrogen) atoms. The molecule has 3 aromatic heterocycles. The summed E-state index contributed by atoms with van der Waals surface area (Å²) in [5.74, 6) is -0.767. The molecule has 0 saturated heterocycles. The molecule has 0 fully saturated rings. The van der Waals surface area contributed by atoms with Gasteiger partial charge in [0.2, 0.25) is 5.91 Å². The summed E-state index contributed by atoms with van der Waals surface area (Å²) < 4.78 is 37.8. The first-order valence-electron chi connectivity index (χ1n) is 7.02. The largest absolute Gasteiger partial charge is 0.405 e. The van der Waals surface area contributed by atoms with Crippen LogP contribution >= 0.6 is 0 Å². The second kappa shape index (κ2) is 5.95. The van der Waals surface area contributed by atoms with E-state index < -0.39 is 24.7 Å². The minimum absolute atomic E-state index is 0. The number of hydrogen-bond donors (Lipinski definition) is 2. The van der Waals surface area contributed by atoms with E-state index >= 15 is 0 Å². The summed E-state index contributed by atoms with van der Waals surface area (Å²) in [5, 5.41) is 6.68. The van der Waals surface area contributed by atoms with E-state index in [1.165, 1.54) is 24.1 Å². The molecular weight excluding hydrogens is 325 g/mol. The van der Waals surface area contributed by atoms with Crippen molar-refractivity contribution in [3.63, 3.8) is 0 Å². The number of rotatable bonds is 4. The molecular formula is C14H15F3N6O. The van der Waals surface area contributed by atoms with Crippen LogP contribution in [0.1, 0.15) is 14.4 Å². The number of halogens is 3. The first-order chi connectivity index (χ1) is 11.3. The van der Waals surface area contributed by atoms with E-state index in [0.717, 1.165) is 5.39 Å². The molecule has 2 N–H and O–H groups in total. The van der Waals surface area contributed by atoms with Crippen molar-refractivity contribution in [2.24, 2.45) is 0 Å². The number of aromatic amines is 1. The van der Waals surface area contributed by atoms with Gasteiger partial charge in [0.25, 0.3) is 0 Å². The maximum Gasteiger partial charge on any atom is 0.405 e. The molecule has 0 bridgehead atoms. The van der Waals surface area contributed by atoms with Gasteiger partial charge in [-0.2, -0.15) is 18.3 Å². The number of aromatic nitrogens is 5. The number of amides is 1. The number of alkyl halides is 3. The summed E-state index contributed by atoms with van der Waals surface area (Å²) in [6.45, 7) is 0.0918. The zero-order valence-electron chi connectivity index (χ0n) is 12.5. The zero-order valence-corrected chi connectivity index (χ0v) is 12.5. The van der Waals surface area contributed by atoms with Gasteiger partial charge in [0.15, 0.2) is 0 Å².